The lowest BCUT2D eigenvalue weighted by atomic mass is 10.5. The minimum atomic E-state index is -0.638. The fraction of sp³-hybridized carbons (Fsp3) is 0.222. The summed E-state index contributed by atoms with van der Waals surface area (Å²) in [5.41, 5.74) is -1.71. The normalized spacial score (nSPS) is 11.6. The maximum Gasteiger partial charge on any atom is 0.340 e. The Balaban J connectivity index is 2.47. The van der Waals surface area contributed by atoms with Gasteiger partial charge in [-0.3, -0.25) is 19.7 Å². The van der Waals surface area contributed by atoms with Gasteiger partial charge in [0.25, 0.3) is 5.56 Å². The molecule has 0 saturated heterocycles. The highest BCUT2D eigenvalue weighted by molar-refractivity contribution is 8.00. The van der Waals surface area contributed by atoms with Crippen LogP contribution in [0, 0.1) is 0 Å². The van der Waals surface area contributed by atoms with Crippen molar-refractivity contribution in [1.82, 2.24) is 18.9 Å². The molecule has 96 valence electrons. The predicted molar refractivity (Wildman–Crippen MR) is 67.6 cm³/mol. The van der Waals surface area contributed by atoms with Gasteiger partial charge in [-0.05, 0) is 23.8 Å². The third-order valence-corrected chi connectivity index (χ3v) is 2.96. The van der Waals surface area contributed by atoms with Crippen molar-refractivity contribution in [2.75, 3.05) is 6.61 Å². The van der Waals surface area contributed by atoms with Crippen LogP contribution in [-0.4, -0.2) is 30.6 Å². The molecule has 9 heteroatoms. The van der Waals surface area contributed by atoms with Crippen molar-refractivity contribution in [3.63, 3.8) is 0 Å². The summed E-state index contributed by atoms with van der Waals surface area (Å²) in [5, 5.41) is 10.1. The second kappa shape index (κ2) is 5.10. The van der Waals surface area contributed by atoms with Crippen LogP contribution >= 0.6 is 11.9 Å². The van der Waals surface area contributed by atoms with Gasteiger partial charge in [0.15, 0.2) is 5.52 Å². The quantitative estimate of drug-likeness (QED) is 0.573. The van der Waals surface area contributed by atoms with E-state index < -0.39 is 16.9 Å². The molecule has 0 bridgehead atoms. The molecular weight excluding hydrogens is 260 g/mol. The molecule has 2 heterocycles. The molecule has 0 atom stereocenters. The Morgan fingerprint density at radius 1 is 1.22 bits per heavy atom. The summed E-state index contributed by atoms with van der Waals surface area (Å²) < 4.78 is 0.875. The van der Waals surface area contributed by atoms with Gasteiger partial charge in [-0.1, -0.05) is 6.08 Å². The first kappa shape index (κ1) is 12.5. The van der Waals surface area contributed by atoms with Crippen LogP contribution < -0.4 is 16.9 Å². The van der Waals surface area contributed by atoms with Crippen LogP contribution in [0.5, 0.6) is 0 Å². The van der Waals surface area contributed by atoms with Gasteiger partial charge in [-0.25, -0.2) is 9.59 Å². The summed E-state index contributed by atoms with van der Waals surface area (Å²) in [4.78, 5) is 41.5. The first-order valence-electron chi connectivity index (χ1n) is 5.04. The Kier molecular flexibility index (Phi) is 3.53. The van der Waals surface area contributed by atoms with Crippen molar-refractivity contribution >= 4 is 23.1 Å². The highest BCUT2D eigenvalue weighted by Gasteiger charge is 2.09. The minimum Gasteiger partial charge on any atom is -0.396 e. The Labute approximate surface area is 103 Å². The van der Waals surface area contributed by atoms with Crippen LogP contribution in [0.4, 0.5) is 0 Å². The molecule has 0 aliphatic rings. The number of aliphatic hydroxyl groups is 1. The molecule has 0 saturated carbocycles. The molecule has 18 heavy (non-hydrogen) atoms. The molecule has 0 radical (unpaired) electrons. The fourth-order valence-electron chi connectivity index (χ4n) is 1.33. The summed E-state index contributed by atoms with van der Waals surface area (Å²) in [6, 6.07) is 0. The SMILES string of the molecule is O=c1[nH]c2[nH]c(=O)n(SC=CCCO)c(=O)c2[nH]1. The number of rotatable bonds is 4. The Morgan fingerprint density at radius 3 is 2.72 bits per heavy atom. The van der Waals surface area contributed by atoms with E-state index in [9.17, 15) is 14.4 Å². The molecule has 0 aliphatic heterocycles. The van der Waals surface area contributed by atoms with Crippen LogP contribution in [-0.2, 0) is 0 Å². The number of H-pyrrole nitrogens is 3. The number of imidazole rings is 1. The van der Waals surface area contributed by atoms with Crippen LogP contribution in [0.25, 0.3) is 11.2 Å². The van der Waals surface area contributed by atoms with Gasteiger partial charge in [0.2, 0.25) is 0 Å². The Morgan fingerprint density at radius 2 is 2.00 bits per heavy atom. The van der Waals surface area contributed by atoms with E-state index in [2.05, 4.69) is 15.0 Å². The average molecular weight is 270 g/mol. The second-order valence-electron chi connectivity index (χ2n) is 3.35. The fourth-order valence-corrected chi connectivity index (χ4v) is 2.00. The highest BCUT2D eigenvalue weighted by atomic mass is 32.2. The molecule has 2 aromatic heterocycles. The van der Waals surface area contributed by atoms with Crippen molar-refractivity contribution in [2.24, 2.45) is 0 Å². The lowest BCUT2D eigenvalue weighted by molar-refractivity contribution is 0.302. The summed E-state index contributed by atoms with van der Waals surface area (Å²) in [6.07, 6.45) is 2.06. The monoisotopic (exact) mass is 270 g/mol. The average Bonchev–Trinajstić information content (AvgIpc) is 2.69. The Hall–Kier alpha value is -2.00. The van der Waals surface area contributed by atoms with Crippen molar-refractivity contribution in [1.29, 1.82) is 0 Å². The molecule has 4 N–H and O–H groups in total. The number of nitrogens with zero attached hydrogens (tertiary/aromatic N) is 1. The largest absolute Gasteiger partial charge is 0.396 e. The molecular formula is C9H10N4O4S. The first-order chi connectivity index (χ1) is 8.63. The van der Waals surface area contributed by atoms with Gasteiger partial charge in [-0.2, -0.15) is 3.97 Å². The number of aliphatic hydroxyl groups excluding tert-OH is 1. The van der Waals surface area contributed by atoms with E-state index in [0.29, 0.717) is 6.42 Å². The Bertz CT molecular complexity index is 750. The molecule has 2 rings (SSSR count). The van der Waals surface area contributed by atoms with E-state index in [0.717, 1.165) is 15.9 Å². The lowest BCUT2D eigenvalue weighted by Crippen LogP contribution is -2.30. The number of hydrogen-bond donors (Lipinski definition) is 4. The highest BCUT2D eigenvalue weighted by Crippen LogP contribution is 2.03. The molecule has 0 spiro atoms. The van der Waals surface area contributed by atoms with E-state index in [1.165, 1.54) is 5.41 Å². The van der Waals surface area contributed by atoms with Crippen LogP contribution in [0.15, 0.2) is 25.9 Å². The van der Waals surface area contributed by atoms with Gasteiger partial charge in [0.1, 0.15) is 5.65 Å². The number of aromatic nitrogens is 4. The first-order valence-corrected chi connectivity index (χ1v) is 5.87. The maximum atomic E-state index is 11.9. The summed E-state index contributed by atoms with van der Waals surface area (Å²) in [7, 11) is 0. The zero-order valence-corrected chi connectivity index (χ0v) is 9.91. The van der Waals surface area contributed by atoms with E-state index in [-0.39, 0.29) is 17.8 Å². The standard InChI is InChI=1S/C9H10N4O4S/c14-3-1-2-4-18-13-7(15)5-6(12-9(13)17)11-8(16)10-5/h2,4,14H,1,3H2,(H,12,17)(H2,10,11,16). The van der Waals surface area contributed by atoms with E-state index in [1.807, 2.05) is 0 Å². The predicted octanol–water partition coefficient (Wildman–Crippen LogP) is -0.901. The summed E-state index contributed by atoms with van der Waals surface area (Å²) in [6.45, 7) is -0.00746. The number of nitrogens with one attached hydrogen (secondary N) is 3. The molecule has 0 unspecified atom stereocenters. The second-order valence-corrected chi connectivity index (χ2v) is 4.20. The van der Waals surface area contributed by atoms with Gasteiger partial charge in [-0.15, -0.1) is 0 Å². The van der Waals surface area contributed by atoms with Crippen molar-refractivity contribution < 1.29 is 5.11 Å². The maximum absolute atomic E-state index is 11.9. The van der Waals surface area contributed by atoms with Crippen molar-refractivity contribution in [3.8, 4) is 0 Å². The summed E-state index contributed by atoms with van der Waals surface area (Å²) in [5.74, 6) is 0. The van der Waals surface area contributed by atoms with Gasteiger partial charge >= 0.3 is 11.4 Å². The van der Waals surface area contributed by atoms with Gasteiger partial charge in [0.05, 0.1) is 0 Å². The van der Waals surface area contributed by atoms with Crippen LogP contribution in [0.2, 0.25) is 0 Å². The lowest BCUT2D eigenvalue weighted by Gasteiger charge is -1.98. The molecule has 0 aromatic carbocycles. The summed E-state index contributed by atoms with van der Waals surface area (Å²) >= 11 is 0.871. The van der Waals surface area contributed by atoms with Crippen LogP contribution in [0.1, 0.15) is 6.42 Å². The number of hydrogen-bond acceptors (Lipinski definition) is 5. The molecule has 8 nitrogen and oxygen atoms in total. The van der Waals surface area contributed by atoms with Crippen molar-refractivity contribution in [3.05, 3.63) is 42.8 Å². The van der Waals surface area contributed by atoms with Gasteiger partial charge in [0, 0.05) is 6.61 Å². The van der Waals surface area contributed by atoms with E-state index in [4.69, 9.17) is 5.11 Å². The minimum absolute atomic E-state index is 0.00746. The molecule has 0 fully saturated rings. The topological polar surface area (TPSA) is 124 Å². The zero-order chi connectivity index (χ0) is 13.1. The third-order valence-electron chi connectivity index (χ3n) is 2.10. The smallest absolute Gasteiger partial charge is 0.340 e. The van der Waals surface area contributed by atoms with E-state index >= 15 is 0 Å². The van der Waals surface area contributed by atoms with E-state index in [1.54, 1.807) is 6.08 Å². The molecule has 2 aromatic rings. The molecule has 0 aliphatic carbocycles. The van der Waals surface area contributed by atoms with Gasteiger partial charge < -0.3 is 5.11 Å². The van der Waals surface area contributed by atoms with Crippen LogP contribution in [0.3, 0.4) is 0 Å². The van der Waals surface area contributed by atoms with Crippen molar-refractivity contribution in [2.45, 2.75) is 6.42 Å². The zero-order valence-electron chi connectivity index (χ0n) is 9.10. The number of aromatic amines is 3. The third kappa shape index (κ3) is 2.31. The number of fused-ring (bicyclic) bond motifs is 1. The molecule has 0 amide bonds.